The van der Waals surface area contributed by atoms with Crippen LogP contribution >= 0.6 is 0 Å². The van der Waals surface area contributed by atoms with Gasteiger partial charge < -0.3 is 9.13 Å². The van der Waals surface area contributed by atoms with Crippen molar-refractivity contribution in [3.63, 3.8) is 0 Å². The summed E-state index contributed by atoms with van der Waals surface area (Å²) in [6, 6.07) is 75.1. The SMILES string of the molecule is c1ccc(-c2ccc(-c3ccc(-n4c5ccccc5c5c6c7ccccc7n(-c7ccccc7-c7cccc8ccccc78)c6ccc54)cc3)cc2)cc1. The summed E-state index contributed by atoms with van der Waals surface area (Å²) >= 11 is 0. The summed E-state index contributed by atoms with van der Waals surface area (Å²) in [7, 11) is 0. The summed E-state index contributed by atoms with van der Waals surface area (Å²) < 4.78 is 4.91. The molecule has 0 aliphatic carbocycles. The number of nitrogens with zero attached hydrogens (tertiary/aromatic N) is 2. The normalized spacial score (nSPS) is 11.7. The molecule has 0 spiro atoms. The molecule has 0 aliphatic rings. The minimum atomic E-state index is 1.15. The van der Waals surface area contributed by atoms with Gasteiger partial charge in [-0.1, -0.05) is 164 Å². The molecule has 0 radical (unpaired) electrons. The lowest BCUT2D eigenvalue weighted by Crippen LogP contribution is -1.97. The first-order valence-corrected chi connectivity index (χ1v) is 18.6. The summed E-state index contributed by atoms with van der Waals surface area (Å²) in [6.07, 6.45) is 0. The van der Waals surface area contributed by atoms with Crippen LogP contribution in [0.25, 0.3) is 99.1 Å². The van der Waals surface area contributed by atoms with Crippen molar-refractivity contribution < 1.29 is 0 Å². The molecule has 0 amide bonds. The fourth-order valence-electron chi connectivity index (χ4n) is 8.70. The van der Waals surface area contributed by atoms with Gasteiger partial charge in [-0.05, 0) is 81.1 Å². The van der Waals surface area contributed by atoms with E-state index >= 15 is 0 Å². The molecule has 2 aromatic heterocycles. The number of hydrogen-bond acceptors (Lipinski definition) is 0. The van der Waals surface area contributed by atoms with Gasteiger partial charge in [0.15, 0.2) is 0 Å². The molecular weight excluding hydrogens is 653 g/mol. The first-order chi connectivity index (χ1) is 26.8. The summed E-state index contributed by atoms with van der Waals surface area (Å²) in [5, 5.41) is 7.57. The van der Waals surface area contributed by atoms with E-state index in [9.17, 15) is 0 Å². The first kappa shape index (κ1) is 30.5. The predicted octanol–water partition coefficient (Wildman–Crippen LogP) is 14.0. The van der Waals surface area contributed by atoms with Crippen LogP contribution in [0.4, 0.5) is 0 Å². The van der Waals surface area contributed by atoms with Crippen molar-refractivity contribution in [1.82, 2.24) is 9.13 Å². The molecule has 54 heavy (non-hydrogen) atoms. The fraction of sp³-hybridized carbons (Fsp3) is 0. The number of fused-ring (bicyclic) bond motifs is 8. The van der Waals surface area contributed by atoms with Crippen LogP contribution in [-0.2, 0) is 0 Å². The topological polar surface area (TPSA) is 9.86 Å². The van der Waals surface area contributed by atoms with E-state index < -0.39 is 0 Å². The third-order valence-electron chi connectivity index (χ3n) is 11.1. The molecule has 0 saturated heterocycles. The van der Waals surface area contributed by atoms with Gasteiger partial charge in [0.2, 0.25) is 0 Å². The maximum atomic E-state index is 2.48. The average Bonchev–Trinajstić information content (AvgIpc) is 3.77. The van der Waals surface area contributed by atoms with Crippen molar-refractivity contribution >= 4 is 54.4 Å². The molecule has 0 aliphatic heterocycles. The van der Waals surface area contributed by atoms with Crippen molar-refractivity contribution in [3.05, 3.63) is 206 Å². The van der Waals surface area contributed by atoms with E-state index in [0.29, 0.717) is 0 Å². The van der Waals surface area contributed by atoms with Gasteiger partial charge in [-0.2, -0.15) is 0 Å². The Kier molecular flexibility index (Phi) is 6.90. The van der Waals surface area contributed by atoms with E-state index in [1.54, 1.807) is 0 Å². The molecule has 0 bridgehead atoms. The second kappa shape index (κ2) is 12.2. The Balaban J connectivity index is 1.10. The molecule has 0 N–H and O–H groups in total. The zero-order valence-electron chi connectivity index (χ0n) is 29.5. The quantitative estimate of drug-likeness (QED) is 0.171. The van der Waals surface area contributed by atoms with Crippen LogP contribution in [0.15, 0.2) is 206 Å². The molecule has 252 valence electrons. The lowest BCUT2D eigenvalue weighted by atomic mass is 9.97. The van der Waals surface area contributed by atoms with Crippen LogP contribution in [0.2, 0.25) is 0 Å². The van der Waals surface area contributed by atoms with E-state index in [1.807, 2.05) is 0 Å². The molecule has 2 nitrogen and oxygen atoms in total. The third kappa shape index (κ3) is 4.67. The zero-order chi connectivity index (χ0) is 35.6. The number of para-hydroxylation sites is 3. The van der Waals surface area contributed by atoms with Gasteiger partial charge in [0.1, 0.15) is 0 Å². The van der Waals surface area contributed by atoms with Gasteiger partial charge in [-0.3, -0.25) is 0 Å². The van der Waals surface area contributed by atoms with Gasteiger partial charge in [0.25, 0.3) is 0 Å². The van der Waals surface area contributed by atoms with Crippen LogP contribution in [-0.4, -0.2) is 9.13 Å². The molecule has 9 aromatic carbocycles. The second-order valence-electron chi connectivity index (χ2n) is 14.1. The Hall–Kier alpha value is -7.16. The Morgan fingerprint density at radius 3 is 1.41 bits per heavy atom. The van der Waals surface area contributed by atoms with Gasteiger partial charge in [-0.15, -0.1) is 0 Å². The third-order valence-corrected chi connectivity index (χ3v) is 11.1. The lowest BCUT2D eigenvalue weighted by Gasteiger charge is -2.15. The Morgan fingerprint density at radius 1 is 0.259 bits per heavy atom. The maximum Gasteiger partial charge on any atom is 0.0549 e. The van der Waals surface area contributed by atoms with Crippen LogP contribution in [0.1, 0.15) is 0 Å². The predicted molar refractivity (Wildman–Crippen MR) is 229 cm³/mol. The van der Waals surface area contributed by atoms with Crippen molar-refractivity contribution in [1.29, 1.82) is 0 Å². The molecule has 0 atom stereocenters. The van der Waals surface area contributed by atoms with Gasteiger partial charge >= 0.3 is 0 Å². The largest absolute Gasteiger partial charge is 0.309 e. The van der Waals surface area contributed by atoms with Crippen molar-refractivity contribution in [2.45, 2.75) is 0 Å². The molecule has 2 heterocycles. The first-order valence-electron chi connectivity index (χ1n) is 18.6. The number of benzene rings is 9. The lowest BCUT2D eigenvalue weighted by molar-refractivity contribution is 1.17. The Labute approximate surface area is 313 Å². The Bertz CT molecular complexity index is 3180. The standard InChI is InChI=1S/C52H34N2/c1-2-13-35(14-3-1)36-25-27-37(28-26-36)38-29-31-40(32-30-38)53-47-23-10-7-19-44(47)51-49(53)33-34-50-52(51)45-20-8-11-24-48(45)54(50)46-22-9-6-18-43(46)42-21-12-16-39-15-4-5-17-41(39)42/h1-34H. The van der Waals surface area contributed by atoms with Gasteiger partial charge in [0.05, 0.1) is 27.8 Å². The van der Waals surface area contributed by atoms with Crippen LogP contribution < -0.4 is 0 Å². The minimum absolute atomic E-state index is 1.15. The summed E-state index contributed by atoms with van der Waals surface area (Å²) in [4.78, 5) is 0. The van der Waals surface area contributed by atoms with Crippen LogP contribution in [0.5, 0.6) is 0 Å². The average molecular weight is 687 g/mol. The number of aromatic nitrogens is 2. The van der Waals surface area contributed by atoms with Crippen molar-refractivity contribution in [2.24, 2.45) is 0 Å². The summed E-state index contributed by atoms with van der Waals surface area (Å²) in [6.45, 7) is 0. The van der Waals surface area contributed by atoms with Crippen molar-refractivity contribution in [3.8, 4) is 44.8 Å². The summed E-state index contributed by atoms with van der Waals surface area (Å²) in [5.74, 6) is 0. The highest BCUT2D eigenvalue weighted by molar-refractivity contribution is 6.29. The van der Waals surface area contributed by atoms with Gasteiger partial charge in [-0.25, -0.2) is 0 Å². The smallest absolute Gasteiger partial charge is 0.0549 e. The fourth-order valence-corrected chi connectivity index (χ4v) is 8.70. The number of hydrogen-bond donors (Lipinski definition) is 0. The zero-order valence-corrected chi connectivity index (χ0v) is 29.5. The molecule has 11 aromatic rings. The highest BCUT2D eigenvalue weighted by Crippen LogP contribution is 2.44. The molecule has 0 unspecified atom stereocenters. The van der Waals surface area contributed by atoms with Crippen LogP contribution in [0, 0.1) is 0 Å². The molecule has 0 saturated carbocycles. The maximum absolute atomic E-state index is 2.48. The van der Waals surface area contributed by atoms with Gasteiger partial charge in [0, 0.05) is 32.8 Å². The van der Waals surface area contributed by atoms with E-state index in [2.05, 4.69) is 215 Å². The Morgan fingerprint density at radius 2 is 0.722 bits per heavy atom. The molecular formula is C52H34N2. The van der Waals surface area contributed by atoms with Crippen LogP contribution in [0.3, 0.4) is 0 Å². The minimum Gasteiger partial charge on any atom is -0.309 e. The molecule has 2 heteroatoms. The summed E-state index contributed by atoms with van der Waals surface area (Å²) in [5.41, 5.74) is 14.5. The van der Waals surface area contributed by atoms with E-state index in [4.69, 9.17) is 0 Å². The molecule has 0 fully saturated rings. The highest BCUT2D eigenvalue weighted by Gasteiger charge is 2.22. The van der Waals surface area contributed by atoms with E-state index in [-0.39, 0.29) is 0 Å². The highest BCUT2D eigenvalue weighted by atomic mass is 15.0. The second-order valence-corrected chi connectivity index (χ2v) is 14.1. The number of rotatable bonds is 5. The van der Waals surface area contributed by atoms with E-state index in [0.717, 1.165) is 5.69 Å². The van der Waals surface area contributed by atoms with E-state index in [1.165, 1.54) is 93.5 Å². The molecule has 11 rings (SSSR count). The van der Waals surface area contributed by atoms with Crippen molar-refractivity contribution in [2.75, 3.05) is 0 Å². The monoisotopic (exact) mass is 686 g/mol.